The summed E-state index contributed by atoms with van der Waals surface area (Å²) >= 11 is 0. The largest absolute Gasteiger partial charge is 0.465 e. The fourth-order valence-electron chi connectivity index (χ4n) is 2.00. The van der Waals surface area contributed by atoms with Crippen LogP contribution in [0.2, 0.25) is 0 Å². The smallest absolute Gasteiger partial charge is 0.342 e. The fourth-order valence-corrected chi connectivity index (χ4v) is 3.28. The summed E-state index contributed by atoms with van der Waals surface area (Å²) in [7, 11) is -2.98. The van der Waals surface area contributed by atoms with Crippen molar-refractivity contribution in [3.05, 3.63) is 29.6 Å². The van der Waals surface area contributed by atoms with E-state index >= 15 is 0 Å². The van der Waals surface area contributed by atoms with Crippen LogP contribution in [0.15, 0.2) is 23.1 Å². The zero-order valence-corrected chi connectivity index (χ0v) is 12.3. The van der Waals surface area contributed by atoms with Gasteiger partial charge in [0.2, 0.25) is 10.0 Å². The molecule has 21 heavy (non-hydrogen) atoms. The molecular weight excluding hydrogens is 299 g/mol. The molecule has 8 heteroatoms. The molecule has 6 nitrogen and oxygen atoms in total. The summed E-state index contributed by atoms with van der Waals surface area (Å²) in [6.45, 7) is 0.0458. The molecule has 116 valence electrons. The van der Waals surface area contributed by atoms with Crippen molar-refractivity contribution in [3.63, 3.8) is 0 Å². The van der Waals surface area contributed by atoms with Gasteiger partial charge in [-0.1, -0.05) is 6.07 Å². The van der Waals surface area contributed by atoms with Gasteiger partial charge in [-0.05, 0) is 30.9 Å². The number of carbonyl (C=O) groups excluding carboxylic acids is 1. The molecule has 0 bridgehead atoms. The van der Waals surface area contributed by atoms with Crippen molar-refractivity contribution < 1.29 is 22.3 Å². The fraction of sp³-hybridized carbons (Fsp3) is 0.462. The first-order chi connectivity index (χ1) is 9.86. The number of methoxy groups -OCH3 is 1. The van der Waals surface area contributed by atoms with Crippen LogP contribution in [0.5, 0.6) is 0 Å². The van der Waals surface area contributed by atoms with Gasteiger partial charge in [0.25, 0.3) is 0 Å². The second-order valence-electron chi connectivity index (χ2n) is 4.96. The molecule has 3 N–H and O–H groups in total. The van der Waals surface area contributed by atoms with Crippen LogP contribution in [-0.2, 0) is 14.8 Å². The van der Waals surface area contributed by atoms with Crippen molar-refractivity contribution in [3.8, 4) is 0 Å². The molecule has 1 aliphatic carbocycles. The summed E-state index contributed by atoms with van der Waals surface area (Å²) < 4.78 is 44.9. The Morgan fingerprint density at radius 2 is 2.19 bits per heavy atom. The van der Waals surface area contributed by atoms with Crippen LogP contribution in [0.3, 0.4) is 0 Å². The van der Waals surface area contributed by atoms with Gasteiger partial charge in [0, 0.05) is 12.6 Å². The minimum absolute atomic E-state index is 0.0458. The Morgan fingerprint density at radius 1 is 1.52 bits per heavy atom. The molecular formula is C13H17FN2O4S. The van der Waals surface area contributed by atoms with Gasteiger partial charge >= 0.3 is 5.97 Å². The number of hydrogen-bond donors (Lipinski definition) is 2. The third-order valence-corrected chi connectivity index (χ3v) is 4.86. The summed E-state index contributed by atoms with van der Waals surface area (Å²) in [5, 5.41) is 0. The highest BCUT2D eigenvalue weighted by Crippen LogP contribution is 2.31. The molecule has 1 saturated carbocycles. The molecule has 0 radical (unpaired) electrons. The number of carbonyl (C=O) groups is 1. The quantitative estimate of drug-likeness (QED) is 0.750. The predicted molar refractivity (Wildman–Crippen MR) is 73.6 cm³/mol. The molecule has 0 saturated heterocycles. The molecule has 0 spiro atoms. The number of halogens is 1. The Hall–Kier alpha value is -1.51. The number of rotatable bonds is 6. The average molecular weight is 316 g/mol. The number of ether oxygens (including phenoxy) is 1. The maximum atomic E-state index is 13.7. The van der Waals surface area contributed by atoms with E-state index in [1.54, 1.807) is 0 Å². The van der Waals surface area contributed by atoms with Crippen LogP contribution < -0.4 is 10.5 Å². The topological polar surface area (TPSA) is 98.5 Å². The van der Waals surface area contributed by atoms with Crippen molar-refractivity contribution in [2.24, 2.45) is 11.7 Å². The van der Waals surface area contributed by atoms with Gasteiger partial charge in [0.15, 0.2) is 0 Å². The zero-order valence-electron chi connectivity index (χ0n) is 11.5. The van der Waals surface area contributed by atoms with Gasteiger partial charge in [-0.25, -0.2) is 22.3 Å². The Bertz CT molecular complexity index is 644. The van der Waals surface area contributed by atoms with E-state index in [0.29, 0.717) is 5.92 Å². The summed E-state index contributed by atoms with van der Waals surface area (Å²) in [6.07, 6.45) is 1.96. The average Bonchev–Trinajstić information content (AvgIpc) is 3.28. The first-order valence-corrected chi connectivity index (χ1v) is 7.97. The standard InChI is InChI=1S/C13H17FN2O4S/c1-20-13(17)12-9(14)3-2-4-11(12)21(18,19)16-7-10(15)8-5-6-8/h2-4,8,10,16H,5-7,15H2,1H3. The van der Waals surface area contributed by atoms with Gasteiger partial charge in [-0.2, -0.15) is 0 Å². The molecule has 2 rings (SSSR count). The molecule has 1 atom stereocenters. The van der Waals surface area contributed by atoms with E-state index in [1.807, 2.05) is 0 Å². The number of hydrogen-bond acceptors (Lipinski definition) is 5. The highest BCUT2D eigenvalue weighted by Gasteiger charge is 2.31. The lowest BCUT2D eigenvalue weighted by molar-refractivity contribution is 0.0590. The summed E-state index contributed by atoms with van der Waals surface area (Å²) in [6, 6.07) is 3.09. The van der Waals surface area contributed by atoms with E-state index in [4.69, 9.17) is 5.73 Å². The third kappa shape index (κ3) is 3.58. The first kappa shape index (κ1) is 15.9. The predicted octanol–water partition coefficient (Wildman–Crippen LogP) is 0.628. The van der Waals surface area contributed by atoms with Gasteiger partial charge in [-0.15, -0.1) is 0 Å². The van der Waals surface area contributed by atoms with E-state index in [0.717, 1.165) is 32.1 Å². The van der Waals surface area contributed by atoms with E-state index in [1.165, 1.54) is 6.07 Å². The second-order valence-corrected chi connectivity index (χ2v) is 6.69. The number of sulfonamides is 1. The van der Waals surface area contributed by atoms with Crippen LogP contribution in [0.4, 0.5) is 4.39 Å². The molecule has 0 heterocycles. The van der Waals surface area contributed by atoms with Gasteiger partial charge < -0.3 is 10.5 Å². The van der Waals surface area contributed by atoms with Gasteiger partial charge in [-0.3, -0.25) is 0 Å². The Labute approximate surface area is 122 Å². The van der Waals surface area contributed by atoms with E-state index in [-0.39, 0.29) is 12.6 Å². The number of esters is 1. The molecule has 0 amide bonds. The highest BCUT2D eigenvalue weighted by molar-refractivity contribution is 7.89. The highest BCUT2D eigenvalue weighted by atomic mass is 32.2. The molecule has 0 aromatic heterocycles. The van der Waals surface area contributed by atoms with Crippen molar-refractivity contribution in [2.75, 3.05) is 13.7 Å². The molecule has 1 aliphatic rings. The maximum Gasteiger partial charge on any atom is 0.342 e. The summed E-state index contributed by atoms with van der Waals surface area (Å²) in [5.41, 5.74) is 5.22. The lowest BCUT2D eigenvalue weighted by Gasteiger charge is -2.14. The number of nitrogens with two attached hydrogens (primary N) is 1. The zero-order chi connectivity index (χ0) is 15.6. The van der Waals surface area contributed by atoms with Crippen LogP contribution in [0.1, 0.15) is 23.2 Å². The third-order valence-electron chi connectivity index (χ3n) is 3.39. The molecule has 1 aromatic rings. The Balaban J connectivity index is 2.26. The molecule has 1 unspecified atom stereocenters. The number of nitrogens with one attached hydrogen (secondary N) is 1. The van der Waals surface area contributed by atoms with Crippen LogP contribution in [0, 0.1) is 11.7 Å². The van der Waals surface area contributed by atoms with Crippen molar-refractivity contribution in [1.82, 2.24) is 4.72 Å². The number of benzene rings is 1. The van der Waals surface area contributed by atoms with Crippen molar-refractivity contribution >= 4 is 16.0 Å². The lowest BCUT2D eigenvalue weighted by atomic mass is 10.2. The Morgan fingerprint density at radius 3 is 2.76 bits per heavy atom. The van der Waals surface area contributed by atoms with Gasteiger partial charge in [0.05, 0.1) is 12.0 Å². The molecule has 1 aromatic carbocycles. The molecule has 1 fully saturated rings. The Kier molecular flexibility index (Phi) is 4.60. The summed E-state index contributed by atoms with van der Waals surface area (Å²) in [4.78, 5) is 11.1. The SMILES string of the molecule is COC(=O)c1c(F)cccc1S(=O)(=O)NCC(N)C1CC1. The molecule has 0 aliphatic heterocycles. The van der Waals surface area contributed by atoms with Crippen LogP contribution in [-0.4, -0.2) is 34.1 Å². The van der Waals surface area contributed by atoms with Crippen LogP contribution in [0.25, 0.3) is 0 Å². The lowest BCUT2D eigenvalue weighted by Crippen LogP contribution is -2.39. The van der Waals surface area contributed by atoms with E-state index < -0.39 is 32.3 Å². The maximum absolute atomic E-state index is 13.7. The van der Waals surface area contributed by atoms with E-state index in [2.05, 4.69) is 9.46 Å². The first-order valence-electron chi connectivity index (χ1n) is 6.49. The monoisotopic (exact) mass is 316 g/mol. The minimum atomic E-state index is -4.04. The minimum Gasteiger partial charge on any atom is -0.465 e. The summed E-state index contributed by atoms with van der Waals surface area (Å²) in [5.74, 6) is -1.67. The van der Waals surface area contributed by atoms with E-state index in [9.17, 15) is 17.6 Å². The van der Waals surface area contributed by atoms with Crippen LogP contribution >= 0.6 is 0 Å². The van der Waals surface area contributed by atoms with Crippen molar-refractivity contribution in [1.29, 1.82) is 0 Å². The second kappa shape index (κ2) is 6.08. The normalized spacial score (nSPS) is 16.5. The van der Waals surface area contributed by atoms with Gasteiger partial charge in [0.1, 0.15) is 11.4 Å². The van der Waals surface area contributed by atoms with Crippen molar-refractivity contribution in [2.45, 2.75) is 23.8 Å².